The van der Waals surface area contributed by atoms with E-state index in [9.17, 15) is 9.59 Å². The molecule has 0 aromatic carbocycles. The average Bonchev–Trinajstić information content (AvgIpc) is 3.53. The molecule has 0 N–H and O–H groups in total. The van der Waals surface area contributed by atoms with E-state index in [1.54, 1.807) is 0 Å². The number of fused-ring (bicyclic) bond motifs is 12. The molecule has 6 aliphatic carbocycles. The molecule has 1 heterocycles. The van der Waals surface area contributed by atoms with Gasteiger partial charge in [-0.1, -0.05) is 19.4 Å². The van der Waals surface area contributed by atoms with E-state index in [0.717, 1.165) is 48.9 Å². The van der Waals surface area contributed by atoms with E-state index in [1.165, 1.54) is 31.3 Å². The Labute approximate surface area is 161 Å². The zero-order valence-electron chi connectivity index (χ0n) is 16.5. The van der Waals surface area contributed by atoms with Gasteiger partial charge in [-0.3, -0.25) is 9.59 Å². The lowest BCUT2D eigenvalue weighted by molar-refractivity contribution is -0.177. The predicted molar refractivity (Wildman–Crippen MR) is 99.5 cm³/mol. The van der Waals surface area contributed by atoms with Crippen molar-refractivity contribution in [2.24, 2.45) is 52.3 Å². The van der Waals surface area contributed by atoms with Crippen molar-refractivity contribution in [2.75, 3.05) is 0 Å². The largest absolute Gasteiger partial charge is 0.458 e. The number of rotatable bonds is 0. The van der Waals surface area contributed by atoms with Crippen LogP contribution >= 0.6 is 0 Å². The molecule has 0 aromatic rings. The fourth-order valence-electron chi connectivity index (χ4n) is 9.74. The SMILES string of the molecule is C[C@]12CCC(=O)C=C1[C@@H]1C[C@@H]1C1C2CC[C@@]2(C)[C@H]1[C@H]1C[C@H]1[C@@]21CCC(=O)O1. The van der Waals surface area contributed by atoms with Gasteiger partial charge < -0.3 is 4.74 Å². The number of esters is 1. The minimum absolute atomic E-state index is 0.0561. The highest BCUT2D eigenvalue weighted by molar-refractivity contribution is 5.92. The summed E-state index contributed by atoms with van der Waals surface area (Å²) in [4.78, 5) is 24.3. The second-order valence-corrected chi connectivity index (χ2v) is 11.5. The van der Waals surface area contributed by atoms with Crippen molar-refractivity contribution in [1.82, 2.24) is 0 Å². The molecule has 7 rings (SSSR count). The third-order valence-electron chi connectivity index (χ3n) is 10.9. The maximum atomic E-state index is 12.2. The van der Waals surface area contributed by atoms with Crippen LogP contribution in [0.3, 0.4) is 0 Å². The quantitative estimate of drug-likeness (QED) is 0.600. The van der Waals surface area contributed by atoms with Crippen molar-refractivity contribution in [3.05, 3.63) is 11.6 Å². The molecule has 0 aromatic heterocycles. The van der Waals surface area contributed by atoms with Crippen molar-refractivity contribution >= 4 is 11.8 Å². The van der Waals surface area contributed by atoms with E-state index in [2.05, 4.69) is 19.9 Å². The Hall–Kier alpha value is -1.12. The molecule has 0 amide bonds. The lowest BCUT2D eigenvalue weighted by Crippen LogP contribution is -2.57. The van der Waals surface area contributed by atoms with Gasteiger partial charge in [0.25, 0.3) is 0 Å². The normalized spacial score (nSPS) is 62.0. The molecule has 3 nitrogen and oxygen atoms in total. The summed E-state index contributed by atoms with van der Waals surface area (Å²) in [5.74, 6) is 5.65. The Morgan fingerprint density at radius 2 is 1.85 bits per heavy atom. The number of ether oxygens (including phenoxy) is 1. The van der Waals surface area contributed by atoms with Crippen LogP contribution in [0.2, 0.25) is 0 Å². The van der Waals surface area contributed by atoms with Gasteiger partial charge in [0.1, 0.15) is 5.60 Å². The summed E-state index contributed by atoms with van der Waals surface area (Å²) in [5, 5.41) is 0. The van der Waals surface area contributed by atoms with Gasteiger partial charge in [0, 0.05) is 24.2 Å². The zero-order chi connectivity index (χ0) is 18.3. The molecule has 7 aliphatic rings. The summed E-state index contributed by atoms with van der Waals surface area (Å²) in [6, 6.07) is 0. The van der Waals surface area contributed by atoms with E-state index in [1.807, 2.05) is 0 Å². The average molecular weight is 367 g/mol. The van der Waals surface area contributed by atoms with Crippen molar-refractivity contribution in [3.8, 4) is 0 Å². The molecule has 0 radical (unpaired) electrons. The standard InChI is InChI=1S/C24H30O3/c1-22-6-3-12(25)9-17(22)13-10-14(13)20-16(22)4-7-23(2)21(20)15-11-18(15)24(23)8-5-19(26)27-24/h9,13-16,18,20-21H,3-8,10-11H2,1-2H3/t13-,14+,15+,16?,18-,20?,21+,22-,23+,24+/m1/s1. The van der Waals surface area contributed by atoms with Crippen LogP contribution in [0.5, 0.6) is 0 Å². The van der Waals surface area contributed by atoms with Gasteiger partial charge in [0.15, 0.2) is 5.78 Å². The third-order valence-corrected chi connectivity index (χ3v) is 10.9. The maximum absolute atomic E-state index is 12.2. The molecule has 2 unspecified atom stereocenters. The first-order valence-electron chi connectivity index (χ1n) is 11.4. The highest BCUT2D eigenvalue weighted by Gasteiger charge is 2.81. The number of hydrogen-bond acceptors (Lipinski definition) is 3. The number of allylic oxidation sites excluding steroid dienone is 1. The van der Waals surface area contributed by atoms with Gasteiger partial charge in [-0.05, 0) is 85.5 Å². The lowest BCUT2D eigenvalue weighted by atomic mass is 9.45. The summed E-state index contributed by atoms with van der Waals surface area (Å²) in [6.45, 7) is 4.99. The van der Waals surface area contributed by atoms with E-state index >= 15 is 0 Å². The second-order valence-electron chi connectivity index (χ2n) is 11.5. The molecule has 10 atom stereocenters. The molecule has 1 saturated heterocycles. The maximum Gasteiger partial charge on any atom is 0.306 e. The van der Waals surface area contributed by atoms with E-state index in [0.29, 0.717) is 24.0 Å². The van der Waals surface area contributed by atoms with Crippen molar-refractivity contribution in [1.29, 1.82) is 0 Å². The van der Waals surface area contributed by atoms with Crippen LogP contribution in [0.1, 0.15) is 65.2 Å². The molecule has 27 heavy (non-hydrogen) atoms. The molecule has 1 spiro atoms. The first-order chi connectivity index (χ1) is 12.9. The molecular weight excluding hydrogens is 336 g/mol. The molecular formula is C24H30O3. The fourth-order valence-corrected chi connectivity index (χ4v) is 9.74. The third kappa shape index (κ3) is 1.58. The number of carbonyl (C=O) groups excluding carboxylic acids is 2. The van der Waals surface area contributed by atoms with Crippen molar-refractivity contribution in [3.63, 3.8) is 0 Å². The summed E-state index contributed by atoms with van der Waals surface area (Å²) >= 11 is 0. The number of carbonyl (C=O) groups is 2. The lowest BCUT2D eigenvalue weighted by Gasteiger charge is -2.60. The Bertz CT molecular complexity index is 827. The first-order valence-corrected chi connectivity index (χ1v) is 11.4. The Morgan fingerprint density at radius 1 is 1.00 bits per heavy atom. The van der Waals surface area contributed by atoms with E-state index in [4.69, 9.17) is 4.74 Å². The number of hydrogen-bond donors (Lipinski definition) is 0. The predicted octanol–water partition coefficient (Wildman–Crippen LogP) is 4.31. The minimum Gasteiger partial charge on any atom is -0.458 e. The van der Waals surface area contributed by atoms with Gasteiger partial charge in [-0.25, -0.2) is 0 Å². The van der Waals surface area contributed by atoms with Gasteiger partial charge in [0.2, 0.25) is 0 Å². The van der Waals surface area contributed by atoms with Crippen molar-refractivity contribution in [2.45, 2.75) is 70.8 Å². The van der Waals surface area contributed by atoms with E-state index < -0.39 is 0 Å². The van der Waals surface area contributed by atoms with E-state index in [-0.39, 0.29) is 22.4 Å². The Morgan fingerprint density at radius 3 is 2.63 bits per heavy atom. The Kier molecular flexibility index (Phi) is 2.56. The van der Waals surface area contributed by atoms with Crippen LogP contribution < -0.4 is 0 Å². The number of ketones is 1. The Balaban J connectivity index is 1.33. The second kappa shape index (κ2) is 4.39. The minimum atomic E-state index is -0.131. The summed E-state index contributed by atoms with van der Waals surface area (Å²) < 4.78 is 6.22. The van der Waals surface area contributed by atoms with Crippen LogP contribution in [-0.2, 0) is 14.3 Å². The van der Waals surface area contributed by atoms with Crippen LogP contribution in [0.15, 0.2) is 11.6 Å². The smallest absolute Gasteiger partial charge is 0.306 e. The van der Waals surface area contributed by atoms with Gasteiger partial charge in [-0.2, -0.15) is 0 Å². The highest BCUT2D eigenvalue weighted by Crippen LogP contribution is 2.82. The van der Waals surface area contributed by atoms with Crippen LogP contribution in [-0.4, -0.2) is 17.4 Å². The molecule has 3 heteroatoms. The topological polar surface area (TPSA) is 43.4 Å². The van der Waals surface area contributed by atoms with Gasteiger partial charge in [0.05, 0.1) is 0 Å². The summed E-state index contributed by atoms with van der Waals surface area (Å²) in [7, 11) is 0. The monoisotopic (exact) mass is 366 g/mol. The van der Waals surface area contributed by atoms with Crippen LogP contribution in [0.25, 0.3) is 0 Å². The molecule has 6 fully saturated rings. The molecule has 0 bridgehead atoms. The van der Waals surface area contributed by atoms with Crippen molar-refractivity contribution < 1.29 is 14.3 Å². The van der Waals surface area contributed by atoms with Crippen LogP contribution in [0.4, 0.5) is 0 Å². The molecule has 144 valence electrons. The summed E-state index contributed by atoms with van der Waals surface area (Å²) in [5.41, 5.74) is 1.85. The first kappa shape index (κ1) is 15.8. The molecule has 5 saturated carbocycles. The molecule has 1 aliphatic heterocycles. The zero-order valence-corrected chi connectivity index (χ0v) is 16.5. The summed E-state index contributed by atoms with van der Waals surface area (Å²) in [6.07, 6.45) is 10.6. The van der Waals surface area contributed by atoms with Crippen LogP contribution in [0, 0.1) is 52.3 Å². The fraction of sp³-hybridized carbons (Fsp3) is 0.833. The van der Waals surface area contributed by atoms with Gasteiger partial charge in [-0.15, -0.1) is 0 Å². The highest BCUT2D eigenvalue weighted by atomic mass is 16.6. The van der Waals surface area contributed by atoms with Gasteiger partial charge >= 0.3 is 5.97 Å².